The molecule has 0 saturated carbocycles. The summed E-state index contributed by atoms with van der Waals surface area (Å²) in [4.78, 5) is 91.7. The Kier molecular flexibility index (Phi) is 35.2. The SMILES string of the molecule is C=CC(=O)Nc1cccc(Oc2nc(Cl)nc3c2ncn3C2CCCCO2)c1.C=CC(=O)Nc1cccc(Oc2nc(Nc3ccc(N4CCN(CCS(C)(=O)=O)CC4)cc3)nc3c2ncn3C2CCCCO2)c1.C=CC(=O)Nc1cccc(Oc2nc(Nc3ccc(N4CCN(CCS(C)(=O)=O)CC4)cc3)nc3nc[nH]c23)c1.CCO.CS(=O)(=O)CCN1CCN(c2ccc(N)cc2)CC1. The predicted molar refractivity (Wildman–Crippen MR) is 529 cm³/mol. The van der Waals surface area contributed by atoms with E-state index in [1.54, 1.807) is 92.4 Å². The van der Waals surface area contributed by atoms with Crippen molar-refractivity contribution in [2.45, 2.75) is 57.9 Å². The maximum absolute atomic E-state index is 11.8. The molecule has 6 aromatic carbocycles. The monoisotopic (exact) mass is 1940 g/mol. The Balaban J connectivity index is 0.000000158. The van der Waals surface area contributed by atoms with Crippen LogP contribution in [-0.2, 0) is 53.4 Å². The largest absolute Gasteiger partial charge is 0.437 e. The quantitative estimate of drug-likeness (QED) is 0.0118. The van der Waals surface area contributed by atoms with Gasteiger partial charge in [-0.05, 0) is 184 Å². The summed E-state index contributed by atoms with van der Waals surface area (Å²) in [5.41, 5.74) is 16.2. The third kappa shape index (κ3) is 29.8. The maximum Gasteiger partial charge on any atom is 0.252 e. The molecule has 0 bridgehead atoms. The van der Waals surface area contributed by atoms with E-state index in [4.69, 9.17) is 51.1 Å². The van der Waals surface area contributed by atoms with Crippen LogP contribution in [0, 0.1) is 0 Å². The van der Waals surface area contributed by atoms with E-state index in [2.05, 4.69) is 121 Å². The molecule has 0 spiro atoms. The third-order valence-corrected chi connectivity index (χ3v) is 25.1. The number of imidazole rings is 3. The van der Waals surface area contributed by atoms with Crippen LogP contribution >= 0.6 is 11.6 Å². The highest BCUT2D eigenvalue weighted by Gasteiger charge is 2.28. The zero-order valence-corrected chi connectivity index (χ0v) is 79.3. The van der Waals surface area contributed by atoms with Crippen LogP contribution in [0.4, 0.5) is 63.1 Å². The number of halogens is 1. The molecule has 17 rings (SSSR count). The number of fused-ring (bicyclic) bond motifs is 3. The topological polar surface area (TPSA) is 467 Å². The van der Waals surface area contributed by atoms with Crippen molar-refractivity contribution >= 4 is 155 Å². The second-order valence-corrected chi connectivity index (χ2v) is 39.6. The first-order valence-electron chi connectivity index (χ1n) is 44.4. The average Bonchev–Trinajstić information content (AvgIpc) is 1.62. The Morgan fingerprint density at radius 3 is 1.21 bits per heavy atom. The predicted octanol–water partition coefficient (Wildman–Crippen LogP) is 12.1. The summed E-state index contributed by atoms with van der Waals surface area (Å²) >= 11 is 6.12. The van der Waals surface area contributed by atoms with Gasteiger partial charge in [0.25, 0.3) is 17.6 Å². The molecule has 9 N–H and O–H groups in total. The van der Waals surface area contributed by atoms with Crippen LogP contribution in [0.3, 0.4) is 0 Å². The zero-order valence-electron chi connectivity index (χ0n) is 76.1. The molecule has 0 aliphatic carbocycles. The van der Waals surface area contributed by atoms with Crippen molar-refractivity contribution in [3.63, 3.8) is 0 Å². The molecule has 5 fully saturated rings. The molecular weight excluding hydrogens is 1820 g/mol. The molecule has 11 heterocycles. The average molecular weight is 1940 g/mol. The molecule has 43 heteroatoms. The van der Waals surface area contributed by atoms with Crippen LogP contribution in [0.5, 0.6) is 34.9 Å². The van der Waals surface area contributed by atoms with E-state index in [-0.39, 0.29) is 77.0 Å². The number of ether oxygens (including phenoxy) is 5. The number of aromatic amines is 1. The number of sulfone groups is 3. The number of piperazine rings is 3. The highest BCUT2D eigenvalue weighted by atomic mass is 35.5. The molecule has 720 valence electrons. The Morgan fingerprint density at radius 1 is 0.478 bits per heavy atom. The van der Waals surface area contributed by atoms with E-state index in [0.29, 0.717) is 113 Å². The summed E-state index contributed by atoms with van der Waals surface area (Å²) in [5.74, 6) is 2.51. The second-order valence-electron chi connectivity index (χ2n) is 32.5. The van der Waals surface area contributed by atoms with Crippen molar-refractivity contribution in [3.8, 4) is 34.9 Å². The van der Waals surface area contributed by atoms with Gasteiger partial charge in [-0.3, -0.25) is 38.2 Å². The van der Waals surface area contributed by atoms with E-state index in [1.165, 1.54) is 49.0 Å². The smallest absolute Gasteiger partial charge is 0.252 e. The number of hydrogen-bond donors (Lipinski definition) is 8. The third-order valence-electron chi connectivity index (χ3n) is 22.1. The van der Waals surface area contributed by atoms with Crippen molar-refractivity contribution in [1.82, 2.24) is 73.7 Å². The van der Waals surface area contributed by atoms with Gasteiger partial charge in [0.2, 0.25) is 34.9 Å². The molecule has 3 amide bonds. The number of nitrogens with one attached hydrogen (secondary N) is 6. The Hall–Kier alpha value is -13.3. The van der Waals surface area contributed by atoms with E-state index in [9.17, 15) is 39.6 Å². The normalized spacial score (nSPS) is 16.1. The maximum atomic E-state index is 11.8. The van der Waals surface area contributed by atoms with Gasteiger partial charge in [-0.15, -0.1) is 0 Å². The number of aromatic nitrogens is 12. The van der Waals surface area contributed by atoms with Crippen LogP contribution in [0.25, 0.3) is 33.5 Å². The molecule has 136 heavy (non-hydrogen) atoms. The van der Waals surface area contributed by atoms with Crippen molar-refractivity contribution in [2.24, 2.45) is 0 Å². The molecule has 5 aliphatic rings. The number of aliphatic hydroxyl groups excluding tert-OH is 1. The molecule has 12 aromatic rings. The van der Waals surface area contributed by atoms with Gasteiger partial charge in [0, 0.05) is 206 Å². The number of nitrogens with zero attached hydrogens (tertiary/aromatic N) is 17. The number of aliphatic hydroxyl groups is 1. The summed E-state index contributed by atoms with van der Waals surface area (Å²) in [5, 5.41) is 22.3. The lowest BCUT2D eigenvalue weighted by Crippen LogP contribution is -2.47. The first-order chi connectivity index (χ1) is 65.5. The van der Waals surface area contributed by atoms with E-state index >= 15 is 0 Å². The summed E-state index contributed by atoms with van der Waals surface area (Å²) in [6.07, 6.45) is 18.0. The van der Waals surface area contributed by atoms with Crippen LogP contribution in [0.1, 0.15) is 57.9 Å². The minimum atomic E-state index is -2.97. The minimum absolute atomic E-state index is 0.0520. The number of carbonyl (C=O) groups excluding carboxylic acids is 3. The fourth-order valence-corrected chi connectivity index (χ4v) is 17.0. The molecule has 2 unspecified atom stereocenters. The molecule has 39 nitrogen and oxygen atoms in total. The zero-order chi connectivity index (χ0) is 96.3. The number of rotatable bonds is 30. The van der Waals surface area contributed by atoms with Gasteiger partial charge in [0.05, 0.1) is 36.2 Å². The molecule has 5 saturated heterocycles. The number of nitrogens with two attached hydrogens (primary N) is 1. The van der Waals surface area contributed by atoms with Gasteiger partial charge in [-0.1, -0.05) is 37.9 Å². The standard InChI is InChI=1S/C32H38N8O5S.C27H30N8O4S.C19H18ClN5O3.C13H21N3O2S.C2H6O/c1-3-27(41)34-24-7-6-8-26(21-24)45-31-29-30(40(22-33-29)28-9-4-5-19-44-28)36-32(37-31)35-23-10-12-25(13-11-23)39-16-14-38(15-17-39)18-20-46(2,42)43;1-3-23(36)30-20-5-4-6-22(17-20)39-26-24-25(29-18-28-24)32-27(33-26)31-19-7-9-21(10-8-19)35-13-11-34(12-14-35)15-16-40(2,37)38;1-2-14(26)22-12-6-5-7-13(10-12)28-18-16-17(23-19(20)24-18)25(11-21-16)15-8-3-4-9-27-15;1-19(17,18)11-10-15-6-8-16(9-7-15)13-4-2-12(14)3-5-13;1-2-3/h3,6-8,10-13,21-22,28H,1,4-5,9,14-20H2,2H3,(H,34,41)(H,35,36,37);3-10,17-18H,1,11-16H2,2H3,(H,30,36)(H2,28,29,31,32,33);2,5-7,10-11,15H,1,3-4,8-9H2,(H,22,26);2-5H,6-11,14H2,1H3;3H,2H2,1H3. The Bertz CT molecular complexity index is 6440. The van der Waals surface area contributed by atoms with Gasteiger partial charge >= 0.3 is 0 Å². The number of anilines is 11. The van der Waals surface area contributed by atoms with Crippen LogP contribution < -0.4 is 61.2 Å². The first-order valence-corrected chi connectivity index (χ1v) is 50.9. The van der Waals surface area contributed by atoms with Crippen molar-refractivity contribution in [2.75, 3.05) is 201 Å². The Morgan fingerprint density at radius 2 is 0.838 bits per heavy atom. The number of amides is 3. The van der Waals surface area contributed by atoms with Gasteiger partial charge < -0.3 is 80.8 Å². The molecule has 5 aliphatic heterocycles. The van der Waals surface area contributed by atoms with E-state index in [0.717, 1.165) is 145 Å². The van der Waals surface area contributed by atoms with Crippen molar-refractivity contribution < 1.29 is 68.4 Å². The summed E-state index contributed by atoms with van der Waals surface area (Å²) in [6.45, 7) is 25.7. The molecule has 6 aromatic heterocycles. The fraction of sp³-hybridized carbons (Fsp3) is 0.355. The van der Waals surface area contributed by atoms with E-state index in [1.807, 2.05) is 81.9 Å². The molecular formula is C93H113ClN24O15S3. The lowest BCUT2D eigenvalue weighted by atomic mass is 10.2. The lowest BCUT2D eigenvalue weighted by molar-refractivity contribution is -0.112. The van der Waals surface area contributed by atoms with Crippen LogP contribution in [-0.4, -0.2) is 276 Å². The number of H-pyrrole nitrogens is 1. The molecule has 0 radical (unpaired) electrons. The summed E-state index contributed by atoms with van der Waals surface area (Å²) < 4.78 is 102. The van der Waals surface area contributed by atoms with Crippen LogP contribution in [0.2, 0.25) is 5.28 Å². The lowest BCUT2D eigenvalue weighted by Gasteiger charge is -2.36. The van der Waals surface area contributed by atoms with Crippen molar-refractivity contribution in [3.05, 3.63) is 208 Å². The Labute approximate surface area is 794 Å². The van der Waals surface area contributed by atoms with Crippen LogP contribution in [0.15, 0.2) is 203 Å². The number of nitrogen functional groups attached to an aromatic ring is 1. The van der Waals surface area contributed by atoms with Gasteiger partial charge in [-0.2, -0.15) is 29.9 Å². The number of hydrogen-bond acceptors (Lipinski definition) is 33. The van der Waals surface area contributed by atoms with E-state index < -0.39 is 29.5 Å². The minimum Gasteiger partial charge on any atom is -0.437 e. The number of carbonyl (C=O) groups is 3. The van der Waals surface area contributed by atoms with Gasteiger partial charge in [-0.25, -0.2) is 40.2 Å². The first kappa shape index (κ1) is 100. The highest BCUT2D eigenvalue weighted by Crippen LogP contribution is 2.38. The number of benzene rings is 6. The molecule has 2 atom stereocenters. The van der Waals surface area contributed by atoms with Gasteiger partial charge in [0.1, 0.15) is 64.7 Å². The van der Waals surface area contributed by atoms with Crippen molar-refractivity contribution in [1.29, 1.82) is 0 Å². The summed E-state index contributed by atoms with van der Waals surface area (Å²) in [7, 11) is -8.79. The fourth-order valence-electron chi connectivity index (χ4n) is 15.1. The highest BCUT2D eigenvalue weighted by molar-refractivity contribution is 7.91. The second kappa shape index (κ2) is 47.7. The summed E-state index contributed by atoms with van der Waals surface area (Å²) in [6, 6.07) is 44.8. The van der Waals surface area contributed by atoms with Gasteiger partial charge in [0.15, 0.2) is 28.0 Å².